The zero-order valence-corrected chi connectivity index (χ0v) is 14.8. The number of carbonyl (C=O) groups is 1. The van der Waals surface area contributed by atoms with E-state index < -0.39 is 15.9 Å². The number of ether oxygens (including phenoxy) is 1. The molecule has 2 aromatic rings. The Morgan fingerprint density at radius 1 is 1.08 bits per heavy atom. The third-order valence-corrected chi connectivity index (χ3v) is 4.68. The number of rotatable bonds is 6. The summed E-state index contributed by atoms with van der Waals surface area (Å²) in [7, 11) is -1.52. The first kappa shape index (κ1) is 18.0. The predicted octanol–water partition coefficient (Wildman–Crippen LogP) is 2.52. The monoisotopic (exact) mass is 347 g/mol. The van der Waals surface area contributed by atoms with Crippen LogP contribution in [0.3, 0.4) is 0 Å². The van der Waals surface area contributed by atoms with Gasteiger partial charge in [-0.3, -0.25) is 4.79 Å². The molecular weight excluding hydrogens is 326 g/mol. The second kappa shape index (κ2) is 7.49. The molecule has 0 aliphatic heterocycles. The summed E-state index contributed by atoms with van der Waals surface area (Å²) in [6.45, 7) is 2.18. The van der Waals surface area contributed by atoms with E-state index in [0.29, 0.717) is 12.3 Å². The van der Waals surface area contributed by atoms with Crippen molar-refractivity contribution in [2.75, 3.05) is 13.3 Å². The molecule has 6 heteroatoms. The Kier molecular flexibility index (Phi) is 5.62. The van der Waals surface area contributed by atoms with Crippen LogP contribution < -0.4 is 4.74 Å². The fourth-order valence-electron chi connectivity index (χ4n) is 2.27. The third kappa shape index (κ3) is 4.83. The molecule has 1 atom stereocenters. The first-order chi connectivity index (χ1) is 11.3. The summed E-state index contributed by atoms with van der Waals surface area (Å²) < 4.78 is 28.5. The highest BCUT2D eigenvalue weighted by molar-refractivity contribution is 7.90. The molecule has 1 amide bonds. The Labute approximate surface area is 142 Å². The second-order valence-electron chi connectivity index (χ2n) is 5.68. The molecule has 128 valence electrons. The summed E-state index contributed by atoms with van der Waals surface area (Å²) >= 11 is 0. The molecule has 0 saturated carbocycles. The van der Waals surface area contributed by atoms with Gasteiger partial charge in [-0.2, -0.15) is 0 Å². The van der Waals surface area contributed by atoms with Gasteiger partial charge in [0.05, 0.1) is 4.90 Å². The van der Waals surface area contributed by atoms with E-state index in [0.717, 1.165) is 11.8 Å². The van der Waals surface area contributed by atoms with Crippen LogP contribution in [-0.2, 0) is 21.2 Å². The Balaban J connectivity index is 1.98. The van der Waals surface area contributed by atoms with Crippen molar-refractivity contribution < 1.29 is 17.9 Å². The lowest BCUT2D eigenvalue weighted by Crippen LogP contribution is -2.37. The van der Waals surface area contributed by atoms with Crippen molar-refractivity contribution in [3.8, 4) is 5.75 Å². The summed E-state index contributed by atoms with van der Waals surface area (Å²) in [4.78, 5) is 14.2. The van der Waals surface area contributed by atoms with E-state index in [1.54, 1.807) is 31.0 Å². The van der Waals surface area contributed by atoms with Gasteiger partial charge in [0.25, 0.3) is 5.91 Å². The molecule has 0 aliphatic rings. The van der Waals surface area contributed by atoms with Gasteiger partial charge in [0.1, 0.15) is 5.75 Å². The zero-order chi connectivity index (χ0) is 17.7. The average molecular weight is 347 g/mol. The maximum atomic E-state index is 12.4. The second-order valence-corrected chi connectivity index (χ2v) is 7.70. The SMILES string of the molecule is CC(Oc1ccc(S(C)(=O)=O)cc1)C(=O)N(C)Cc1ccccc1. The van der Waals surface area contributed by atoms with Gasteiger partial charge in [0.2, 0.25) is 0 Å². The van der Waals surface area contributed by atoms with Gasteiger partial charge < -0.3 is 9.64 Å². The van der Waals surface area contributed by atoms with Crippen molar-refractivity contribution >= 4 is 15.7 Å². The standard InChI is InChI=1S/C18H21NO4S/c1-14(18(20)19(2)13-15-7-5-4-6-8-15)23-16-9-11-17(12-10-16)24(3,21)22/h4-12,14H,13H2,1-3H3. The first-order valence-electron chi connectivity index (χ1n) is 7.53. The third-order valence-electron chi connectivity index (χ3n) is 3.55. The molecular formula is C18H21NO4S. The fourth-order valence-corrected chi connectivity index (χ4v) is 2.90. The van der Waals surface area contributed by atoms with E-state index in [2.05, 4.69) is 0 Å². The number of likely N-dealkylation sites (N-methyl/N-ethyl adjacent to an activating group) is 1. The molecule has 0 spiro atoms. The highest BCUT2D eigenvalue weighted by Crippen LogP contribution is 2.17. The van der Waals surface area contributed by atoms with Gasteiger partial charge in [-0.05, 0) is 36.8 Å². The molecule has 0 aromatic heterocycles. The maximum Gasteiger partial charge on any atom is 0.263 e. The Bertz CT molecular complexity index is 786. The van der Waals surface area contributed by atoms with Gasteiger partial charge in [0, 0.05) is 19.8 Å². The van der Waals surface area contributed by atoms with Crippen molar-refractivity contribution in [2.45, 2.75) is 24.5 Å². The number of benzene rings is 2. The Hall–Kier alpha value is -2.34. The van der Waals surface area contributed by atoms with E-state index in [-0.39, 0.29) is 10.8 Å². The molecule has 1 unspecified atom stereocenters. The van der Waals surface area contributed by atoms with E-state index in [1.165, 1.54) is 12.1 Å². The smallest absolute Gasteiger partial charge is 0.263 e. The predicted molar refractivity (Wildman–Crippen MR) is 92.6 cm³/mol. The fraction of sp³-hybridized carbons (Fsp3) is 0.278. The minimum atomic E-state index is -3.24. The molecule has 2 rings (SSSR count). The highest BCUT2D eigenvalue weighted by Gasteiger charge is 2.19. The number of carbonyl (C=O) groups excluding carboxylic acids is 1. The number of hydrogen-bond donors (Lipinski definition) is 0. The van der Waals surface area contributed by atoms with Gasteiger partial charge in [-0.15, -0.1) is 0 Å². The van der Waals surface area contributed by atoms with Crippen LogP contribution in [0.4, 0.5) is 0 Å². The van der Waals surface area contributed by atoms with E-state index in [9.17, 15) is 13.2 Å². The Morgan fingerprint density at radius 3 is 2.21 bits per heavy atom. The molecule has 0 radical (unpaired) electrons. The van der Waals surface area contributed by atoms with Gasteiger partial charge in [-0.1, -0.05) is 30.3 Å². The van der Waals surface area contributed by atoms with Crippen molar-refractivity contribution in [3.63, 3.8) is 0 Å². The van der Waals surface area contributed by atoms with Crippen LogP contribution in [0, 0.1) is 0 Å². The lowest BCUT2D eigenvalue weighted by Gasteiger charge is -2.22. The minimum absolute atomic E-state index is 0.147. The van der Waals surface area contributed by atoms with Crippen LogP contribution in [0.5, 0.6) is 5.75 Å². The zero-order valence-electron chi connectivity index (χ0n) is 14.0. The minimum Gasteiger partial charge on any atom is -0.481 e. The topological polar surface area (TPSA) is 63.7 Å². The van der Waals surface area contributed by atoms with Gasteiger partial charge in [-0.25, -0.2) is 8.42 Å². The van der Waals surface area contributed by atoms with E-state index in [1.807, 2.05) is 30.3 Å². The van der Waals surface area contributed by atoms with Gasteiger partial charge in [0.15, 0.2) is 15.9 Å². The van der Waals surface area contributed by atoms with E-state index in [4.69, 9.17) is 4.74 Å². The molecule has 0 heterocycles. The number of hydrogen-bond acceptors (Lipinski definition) is 4. The van der Waals surface area contributed by atoms with Crippen molar-refractivity contribution in [1.82, 2.24) is 4.90 Å². The summed E-state index contributed by atoms with van der Waals surface area (Å²) in [5.74, 6) is 0.308. The molecule has 0 N–H and O–H groups in total. The van der Waals surface area contributed by atoms with Gasteiger partial charge >= 0.3 is 0 Å². The van der Waals surface area contributed by atoms with Crippen LogP contribution in [0.2, 0.25) is 0 Å². The van der Waals surface area contributed by atoms with Crippen LogP contribution in [0.15, 0.2) is 59.5 Å². The van der Waals surface area contributed by atoms with Crippen LogP contribution in [0.1, 0.15) is 12.5 Å². The normalized spacial score (nSPS) is 12.5. The largest absolute Gasteiger partial charge is 0.481 e. The quantitative estimate of drug-likeness (QED) is 0.805. The van der Waals surface area contributed by atoms with Crippen molar-refractivity contribution in [1.29, 1.82) is 0 Å². The lowest BCUT2D eigenvalue weighted by atomic mass is 10.2. The maximum absolute atomic E-state index is 12.4. The summed E-state index contributed by atoms with van der Waals surface area (Å²) in [5.41, 5.74) is 1.04. The van der Waals surface area contributed by atoms with Crippen LogP contribution >= 0.6 is 0 Å². The first-order valence-corrected chi connectivity index (χ1v) is 9.42. The highest BCUT2D eigenvalue weighted by atomic mass is 32.2. The summed E-state index contributed by atoms with van der Waals surface area (Å²) in [6.07, 6.45) is 0.482. The summed E-state index contributed by atoms with van der Waals surface area (Å²) in [6, 6.07) is 15.7. The molecule has 0 saturated heterocycles. The molecule has 2 aromatic carbocycles. The van der Waals surface area contributed by atoms with Crippen LogP contribution in [0.25, 0.3) is 0 Å². The van der Waals surface area contributed by atoms with Crippen LogP contribution in [-0.4, -0.2) is 38.6 Å². The van der Waals surface area contributed by atoms with Crippen molar-refractivity contribution in [2.24, 2.45) is 0 Å². The molecule has 0 fully saturated rings. The summed E-state index contributed by atoms with van der Waals surface area (Å²) in [5, 5.41) is 0. The molecule has 5 nitrogen and oxygen atoms in total. The Morgan fingerprint density at radius 2 is 1.67 bits per heavy atom. The number of amides is 1. The number of nitrogens with zero attached hydrogens (tertiary/aromatic N) is 1. The lowest BCUT2D eigenvalue weighted by molar-refractivity contribution is -0.137. The van der Waals surface area contributed by atoms with Crippen molar-refractivity contribution in [3.05, 3.63) is 60.2 Å². The molecule has 24 heavy (non-hydrogen) atoms. The average Bonchev–Trinajstić information content (AvgIpc) is 2.54. The number of sulfone groups is 1. The van der Waals surface area contributed by atoms with E-state index >= 15 is 0 Å². The molecule has 0 aliphatic carbocycles. The molecule has 0 bridgehead atoms.